The number of benzene rings is 9. The molecule has 0 aliphatic heterocycles. The quantitative estimate of drug-likeness (QED) is 0.169. The second kappa shape index (κ2) is 13.6. The van der Waals surface area contributed by atoms with Crippen LogP contribution in [0.2, 0.25) is 0 Å². The van der Waals surface area contributed by atoms with Crippen molar-refractivity contribution in [2.24, 2.45) is 0 Å². The van der Waals surface area contributed by atoms with Gasteiger partial charge in [0.25, 0.3) is 0 Å². The van der Waals surface area contributed by atoms with E-state index in [-0.39, 0.29) is 0 Å². The maximum absolute atomic E-state index is 6.24. The Bertz CT molecular complexity index is 3380. The van der Waals surface area contributed by atoms with Crippen molar-refractivity contribution in [1.29, 1.82) is 0 Å². The summed E-state index contributed by atoms with van der Waals surface area (Å²) in [6.45, 7) is 0. The molecule has 0 radical (unpaired) electrons. The standard InChI is InChI=1S/C57H36N2O/c1-3-15-44(16-4-1)57(45-17-5-2-6-18-45)50-21-11-9-19-46(50)47-31-30-42(34-51(47)57)53-36-52(58-56(59-53)43-28-25-37-13-7-8-14-40(37)33-43)39-26-23-38(24-27-39)41-29-32-49-48-20-10-12-22-54(48)60-55(49)35-41/h1-36H. The van der Waals surface area contributed by atoms with Crippen molar-refractivity contribution < 1.29 is 4.42 Å². The third-order valence-electron chi connectivity index (χ3n) is 12.4. The molecule has 0 spiro atoms. The van der Waals surface area contributed by atoms with E-state index >= 15 is 0 Å². The molecule has 2 aromatic heterocycles. The van der Waals surface area contributed by atoms with Crippen LogP contribution >= 0.6 is 0 Å². The first kappa shape index (κ1) is 34.2. The maximum atomic E-state index is 6.24. The van der Waals surface area contributed by atoms with Gasteiger partial charge in [-0.1, -0.05) is 182 Å². The summed E-state index contributed by atoms with van der Waals surface area (Å²) >= 11 is 0. The molecule has 0 atom stereocenters. The number of fused-ring (bicyclic) bond motifs is 7. The van der Waals surface area contributed by atoms with Gasteiger partial charge in [-0.3, -0.25) is 0 Å². The number of aromatic nitrogens is 2. The summed E-state index contributed by atoms with van der Waals surface area (Å²) < 4.78 is 6.24. The number of furan rings is 1. The zero-order chi connectivity index (χ0) is 39.6. The molecule has 0 amide bonds. The van der Waals surface area contributed by atoms with Crippen molar-refractivity contribution >= 4 is 32.7 Å². The minimum atomic E-state index is -0.511. The van der Waals surface area contributed by atoms with Crippen LogP contribution in [0.5, 0.6) is 0 Å². The zero-order valence-electron chi connectivity index (χ0n) is 32.6. The van der Waals surface area contributed by atoms with E-state index in [1.54, 1.807) is 0 Å². The monoisotopic (exact) mass is 764 g/mol. The van der Waals surface area contributed by atoms with Crippen LogP contribution in [-0.4, -0.2) is 9.97 Å². The molecule has 60 heavy (non-hydrogen) atoms. The lowest BCUT2D eigenvalue weighted by molar-refractivity contribution is 0.669. The fraction of sp³-hybridized carbons (Fsp3) is 0.0175. The smallest absolute Gasteiger partial charge is 0.160 e. The van der Waals surface area contributed by atoms with Crippen LogP contribution in [0.1, 0.15) is 22.3 Å². The molecule has 3 nitrogen and oxygen atoms in total. The van der Waals surface area contributed by atoms with Crippen LogP contribution in [0.25, 0.3) is 88.9 Å². The molecule has 12 rings (SSSR count). The average Bonchev–Trinajstić information content (AvgIpc) is 3.85. The molecule has 280 valence electrons. The lowest BCUT2D eigenvalue weighted by Crippen LogP contribution is -2.28. The Morgan fingerprint density at radius 2 is 0.917 bits per heavy atom. The molecule has 0 fully saturated rings. The third kappa shape index (κ3) is 5.37. The van der Waals surface area contributed by atoms with Gasteiger partial charge in [-0.2, -0.15) is 0 Å². The van der Waals surface area contributed by atoms with Gasteiger partial charge >= 0.3 is 0 Å². The largest absolute Gasteiger partial charge is 0.456 e. The van der Waals surface area contributed by atoms with Gasteiger partial charge in [-0.15, -0.1) is 0 Å². The fourth-order valence-electron chi connectivity index (χ4n) is 9.54. The maximum Gasteiger partial charge on any atom is 0.160 e. The highest BCUT2D eigenvalue weighted by Gasteiger charge is 2.46. The van der Waals surface area contributed by atoms with Crippen LogP contribution < -0.4 is 0 Å². The third-order valence-corrected chi connectivity index (χ3v) is 12.4. The number of rotatable bonds is 6. The first-order valence-corrected chi connectivity index (χ1v) is 20.5. The molecule has 0 unspecified atom stereocenters. The lowest BCUT2D eigenvalue weighted by atomic mass is 9.67. The van der Waals surface area contributed by atoms with Crippen LogP contribution in [-0.2, 0) is 5.41 Å². The van der Waals surface area contributed by atoms with E-state index in [2.05, 4.69) is 206 Å². The van der Waals surface area contributed by atoms with Gasteiger partial charge in [0.15, 0.2) is 5.82 Å². The van der Waals surface area contributed by atoms with E-state index in [1.165, 1.54) is 38.8 Å². The van der Waals surface area contributed by atoms with Crippen molar-refractivity contribution in [3.05, 3.63) is 241 Å². The van der Waals surface area contributed by atoms with Crippen molar-refractivity contribution in [3.63, 3.8) is 0 Å². The zero-order valence-corrected chi connectivity index (χ0v) is 32.6. The van der Waals surface area contributed by atoms with Crippen molar-refractivity contribution in [3.8, 4) is 56.2 Å². The first-order valence-electron chi connectivity index (χ1n) is 20.5. The number of para-hydroxylation sites is 1. The Morgan fingerprint density at radius 3 is 1.72 bits per heavy atom. The normalized spacial score (nSPS) is 12.8. The van der Waals surface area contributed by atoms with Crippen LogP contribution in [0.15, 0.2) is 223 Å². The summed E-state index contributed by atoms with van der Waals surface area (Å²) in [6, 6.07) is 78.1. The lowest BCUT2D eigenvalue weighted by Gasteiger charge is -2.34. The summed E-state index contributed by atoms with van der Waals surface area (Å²) in [6.07, 6.45) is 0. The molecule has 11 aromatic rings. The van der Waals surface area contributed by atoms with Crippen molar-refractivity contribution in [1.82, 2.24) is 9.97 Å². The van der Waals surface area contributed by atoms with E-state index < -0.39 is 5.41 Å². The van der Waals surface area contributed by atoms with Crippen molar-refractivity contribution in [2.45, 2.75) is 5.41 Å². The number of hydrogen-bond acceptors (Lipinski definition) is 3. The van der Waals surface area contributed by atoms with Crippen molar-refractivity contribution in [2.75, 3.05) is 0 Å². The van der Waals surface area contributed by atoms with Crippen LogP contribution in [0, 0.1) is 0 Å². The predicted octanol–water partition coefficient (Wildman–Crippen LogP) is 14.6. The molecule has 9 aromatic carbocycles. The Hall–Kier alpha value is -7.88. The van der Waals surface area contributed by atoms with Crippen LogP contribution in [0.4, 0.5) is 0 Å². The van der Waals surface area contributed by atoms with Gasteiger partial charge in [0.1, 0.15) is 11.2 Å². The van der Waals surface area contributed by atoms with Gasteiger partial charge in [0.2, 0.25) is 0 Å². The van der Waals surface area contributed by atoms with E-state index in [1.807, 2.05) is 12.1 Å². The van der Waals surface area contributed by atoms with Gasteiger partial charge in [0, 0.05) is 27.5 Å². The SMILES string of the molecule is c1ccc(C2(c3ccccc3)c3ccccc3-c3ccc(-c4cc(-c5ccc(-c6ccc7c(c6)oc6ccccc67)cc5)nc(-c5ccc6ccccc6c5)n4)cc32)cc1. The predicted molar refractivity (Wildman–Crippen MR) is 246 cm³/mol. The van der Waals surface area contributed by atoms with E-state index in [4.69, 9.17) is 14.4 Å². The summed E-state index contributed by atoms with van der Waals surface area (Å²) in [4.78, 5) is 10.6. The van der Waals surface area contributed by atoms with E-state index in [0.29, 0.717) is 5.82 Å². The molecule has 1 aliphatic carbocycles. The Kier molecular flexibility index (Phi) is 7.76. The molecular formula is C57H36N2O. The summed E-state index contributed by atoms with van der Waals surface area (Å²) in [5.41, 5.74) is 15.8. The summed E-state index contributed by atoms with van der Waals surface area (Å²) in [5.74, 6) is 0.689. The second-order valence-electron chi connectivity index (χ2n) is 15.7. The topological polar surface area (TPSA) is 38.9 Å². The van der Waals surface area contributed by atoms with Gasteiger partial charge < -0.3 is 4.42 Å². The van der Waals surface area contributed by atoms with Crippen LogP contribution in [0.3, 0.4) is 0 Å². The van der Waals surface area contributed by atoms with Gasteiger partial charge in [-0.05, 0) is 91.7 Å². The molecular weight excluding hydrogens is 729 g/mol. The Morgan fingerprint density at radius 1 is 0.333 bits per heavy atom. The fourth-order valence-corrected chi connectivity index (χ4v) is 9.54. The molecule has 2 heterocycles. The Balaban J connectivity index is 1.02. The minimum absolute atomic E-state index is 0.511. The highest BCUT2D eigenvalue weighted by molar-refractivity contribution is 6.06. The molecule has 0 saturated carbocycles. The first-order chi connectivity index (χ1) is 29.7. The molecule has 0 saturated heterocycles. The number of hydrogen-bond donors (Lipinski definition) is 0. The molecule has 0 bridgehead atoms. The highest BCUT2D eigenvalue weighted by atomic mass is 16.3. The molecule has 0 N–H and O–H groups in total. The summed E-state index contributed by atoms with van der Waals surface area (Å²) in [7, 11) is 0. The average molecular weight is 765 g/mol. The number of nitrogens with zero attached hydrogens (tertiary/aromatic N) is 2. The van der Waals surface area contributed by atoms with E-state index in [0.717, 1.165) is 66.5 Å². The van der Waals surface area contributed by atoms with E-state index in [9.17, 15) is 0 Å². The minimum Gasteiger partial charge on any atom is -0.456 e. The second-order valence-corrected chi connectivity index (χ2v) is 15.7. The summed E-state index contributed by atoms with van der Waals surface area (Å²) in [5, 5.41) is 4.60. The van der Waals surface area contributed by atoms with Gasteiger partial charge in [-0.25, -0.2) is 9.97 Å². The highest BCUT2D eigenvalue weighted by Crippen LogP contribution is 2.56. The van der Waals surface area contributed by atoms with Gasteiger partial charge in [0.05, 0.1) is 16.8 Å². The molecule has 3 heteroatoms. The molecule has 1 aliphatic rings. The Labute approximate surface area is 347 Å².